The van der Waals surface area contributed by atoms with Gasteiger partial charge in [0.15, 0.2) is 0 Å². The van der Waals surface area contributed by atoms with Crippen LogP contribution in [-0.2, 0) is 15.0 Å². The number of carboxylic acid groups (broad SMARTS) is 1. The summed E-state index contributed by atoms with van der Waals surface area (Å²) in [5.41, 5.74) is 1.36. The van der Waals surface area contributed by atoms with Crippen LogP contribution in [-0.4, -0.2) is 35.0 Å². The van der Waals surface area contributed by atoms with Crippen molar-refractivity contribution in [3.05, 3.63) is 35.9 Å². The minimum absolute atomic E-state index is 0.0739. The van der Waals surface area contributed by atoms with Crippen LogP contribution in [0, 0.1) is 5.92 Å². The molecular weight excluding hydrogens is 254 g/mol. The van der Waals surface area contributed by atoms with Crippen LogP contribution in [0.2, 0.25) is 0 Å². The second kappa shape index (κ2) is 5.65. The summed E-state index contributed by atoms with van der Waals surface area (Å²) in [6.45, 7) is 4.92. The zero-order valence-corrected chi connectivity index (χ0v) is 12.0. The van der Waals surface area contributed by atoms with Crippen molar-refractivity contribution in [2.24, 2.45) is 5.92 Å². The molecule has 1 aromatic carbocycles. The van der Waals surface area contributed by atoms with Gasteiger partial charge in [-0.15, -0.1) is 0 Å². The summed E-state index contributed by atoms with van der Waals surface area (Å²) in [5.74, 6) is -2.27. The number of benzene rings is 1. The van der Waals surface area contributed by atoms with Crippen molar-refractivity contribution in [2.45, 2.75) is 32.1 Å². The number of carbonyl (C=O) groups is 2. The first-order valence-electron chi connectivity index (χ1n) is 7.01. The molecule has 0 spiro atoms. The molecule has 1 N–H and O–H groups in total. The normalized spacial score (nSPS) is 19.4. The number of rotatable bonds is 3. The molecule has 20 heavy (non-hydrogen) atoms. The Morgan fingerprint density at radius 3 is 2.25 bits per heavy atom. The Kier molecular flexibility index (Phi) is 4.12. The Morgan fingerprint density at radius 2 is 1.75 bits per heavy atom. The Balaban J connectivity index is 2.02. The van der Waals surface area contributed by atoms with Crippen molar-refractivity contribution >= 4 is 11.9 Å². The van der Waals surface area contributed by atoms with E-state index in [1.807, 2.05) is 18.2 Å². The number of hydrogen-bond acceptors (Lipinski definition) is 2. The molecule has 4 nitrogen and oxygen atoms in total. The molecule has 1 unspecified atom stereocenters. The minimum Gasteiger partial charge on any atom is -0.481 e. The average Bonchev–Trinajstić information content (AvgIpc) is 2.47. The van der Waals surface area contributed by atoms with E-state index >= 15 is 0 Å². The molecule has 1 atom stereocenters. The van der Waals surface area contributed by atoms with Gasteiger partial charge in [-0.3, -0.25) is 9.59 Å². The predicted octanol–water partition coefficient (Wildman–Crippen LogP) is 2.29. The van der Waals surface area contributed by atoms with Gasteiger partial charge in [0.2, 0.25) is 5.91 Å². The van der Waals surface area contributed by atoms with E-state index in [1.165, 1.54) is 12.5 Å². The summed E-state index contributed by atoms with van der Waals surface area (Å²) in [5, 5.41) is 8.92. The lowest BCUT2D eigenvalue weighted by molar-refractivity contribution is -0.151. The first-order chi connectivity index (χ1) is 9.44. The Hall–Kier alpha value is -1.84. The number of hydrogen-bond donors (Lipinski definition) is 1. The van der Waals surface area contributed by atoms with Crippen LogP contribution in [0.25, 0.3) is 0 Å². The van der Waals surface area contributed by atoms with Gasteiger partial charge in [0.05, 0.1) is 0 Å². The molecule has 0 saturated carbocycles. The molecule has 108 valence electrons. The SMILES string of the molecule is CC(C(=O)O)C(=O)N1CCC(C)(c2ccccc2)CC1. The highest BCUT2D eigenvalue weighted by molar-refractivity contribution is 5.96. The van der Waals surface area contributed by atoms with Crippen LogP contribution in [0.4, 0.5) is 0 Å². The van der Waals surface area contributed by atoms with Crippen molar-refractivity contribution in [1.82, 2.24) is 4.90 Å². The van der Waals surface area contributed by atoms with Gasteiger partial charge in [0.1, 0.15) is 5.92 Å². The number of likely N-dealkylation sites (tertiary alicyclic amines) is 1. The maximum atomic E-state index is 12.0. The van der Waals surface area contributed by atoms with Crippen LogP contribution in [0.3, 0.4) is 0 Å². The van der Waals surface area contributed by atoms with Crippen molar-refractivity contribution in [1.29, 1.82) is 0 Å². The van der Waals surface area contributed by atoms with Crippen molar-refractivity contribution in [3.63, 3.8) is 0 Å². The number of carbonyl (C=O) groups excluding carboxylic acids is 1. The van der Waals surface area contributed by atoms with Gasteiger partial charge < -0.3 is 10.0 Å². The fourth-order valence-electron chi connectivity index (χ4n) is 2.73. The fourth-order valence-corrected chi connectivity index (χ4v) is 2.73. The maximum Gasteiger partial charge on any atom is 0.315 e. The standard InChI is InChI=1S/C16H21NO3/c1-12(15(19)20)14(18)17-10-8-16(2,9-11-17)13-6-4-3-5-7-13/h3-7,12H,8-11H2,1-2H3,(H,19,20). The van der Waals surface area contributed by atoms with Gasteiger partial charge in [0.25, 0.3) is 0 Å². The average molecular weight is 275 g/mol. The molecule has 0 radical (unpaired) electrons. The molecule has 0 aromatic heterocycles. The summed E-state index contributed by atoms with van der Waals surface area (Å²) in [6.07, 6.45) is 1.74. The smallest absolute Gasteiger partial charge is 0.315 e. The molecule has 1 aliphatic heterocycles. The molecular formula is C16H21NO3. The molecule has 0 aliphatic carbocycles. The Morgan fingerprint density at radius 1 is 1.20 bits per heavy atom. The minimum atomic E-state index is -1.05. The third-order valence-corrected chi connectivity index (χ3v) is 4.39. The van der Waals surface area contributed by atoms with Gasteiger partial charge in [-0.25, -0.2) is 0 Å². The molecule has 4 heteroatoms. The highest BCUT2D eigenvalue weighted by Gasteiger charge is 2.35. The van der Waals surface area contributed by atoms with Crippen LogP contribution in [0.1, 0.15) is 32.3 Å². The molecule has 2 rings (SSSR count). The molecule has 0 bridgehead atoms. The topological polar surface area (TPSA) is 57.6 Å². The van der Waals surface area contributed by atoms with E-state index in [4.69, 9.17) is 5.11 Å². The van der Waals surface area contributed by atoms with E-state index < -0.39 is 11.9 Å². The van der Waals surface area contributed by atoms with Crippen LogP contribution in [0.15, 0.2) is 30.3 Å². The zero-order chi connectivity index (χ0) is 14.8. The largest absolute Gasteiger partial charge is 0.481 e. The number of nitrogens with zero attached hydrogens (tertiary/aromatic N) is 1. The van der Waals surface area contributed by atoms with E-state index in [2.05, 4.69) is 19.1 Å². The molecule has 1 aromatic rings. The molecule has 1 amide bonds. The highest BCUT2D eigenvalue weighted by atomic mass is 16.4. The van der Waals surface area contributed by atoms with Crippen LogP contribution in [0.5, 0.6) is 0 Å². The number of aliphatic carboxylic acids is 1. The molecule has 1 aliphatic rings. The highest BCUT2D eigenvalue weighted by Crippen LogP contribution is 2.35. The maximum absolute atomic E-state index is 12.0. The summed E-state index contributed by atoms with van der Waals surface area (Å²) < 4.78 is 0. The Labute approximate surface area is 119 Å². The van der Waals surface area contributed by atoms with E-state index in [0.717, 1.165) is 12.8 Å². The summed E-state index contributed by atoms with van der Waals surface area (Å²) in [7, 11) is 0. The number of carboxylic acids is 1. The van der Waals surface area contributed by atoms with Gasteiger partial charge in [0, 0.05) is 13.1 Å². The van der Waals surface area contributed by atoms with E-state index in [-0.39, 0.29) is 11.3 Å². The number of piperidine rings is 1. The van der Waals surface area contributed by atoms with Crippen molar-refractivity contribution in [2.75, 3.05) is 13.1 Å². The third kappa shape index (κ3) is 2.84. The lowest BCUT2D eigenvalue weighted by Crippen LogP contribution is -2.46. The lowest BCUT2D eigenvalue weighted by atomic mass is 9.74. The zero-order valence-electron chi connectivity index (χ0n) is 12.0. The first-order valence-corrected chi connectivity index (χ1v) is 7.01. The van der Waals surface area contributed by atoms with E-state index in [0.29, 0.717) is 13.1 Å². The van der Waals surface area contributed by atoms with E-state index in [9.17, 15) is 9.59 Å². The van der Waals surface area contributed by atoms with Crippen LogP contribution < -0.4 is 0 Å². The quantitative estimate of drug-likeness (QED) is 0.861. The van der Waals surface area contributed by atoms with Gasteiger partial charge in [-0.2, -0.15) is 0 Å². The summed E-state index contributed by atoms with van der Waals surface area (Å²) >= 11 is 0. The van der Waals surface area contributed by atoms with E-state index in [1.54, 1.807) is 4.90 Å². The number of amides is 1. The van der Waals surface area contributed by atoms with Gasteiger partial charge in [-0.05, 0) is 30.7 Å². The first kappa shape index (κ1) is 14.6. The summed E-state index contributed by atoms with van der Waals surface area (Å²) in [6, 6.07) is 10.3. The Bertz CT molecular complexity index is 490. The van der Waals surface area contributed by atoms with Crippen molar-refractivity contribution < 1.29 is 14.7 Å². The van der Waals surface area contributed by atoms with Crippen molar-refractivity contribution in [3.8, 4) is 0 Å². The lowest BCUT2D eigenvalue weighted by Gasteiger charge is -2.40. The molecule has 1 heterocycles. The second-order valence-electron chi connectivity index (χ2n) is 5.81. The molecule has 1 saturated heterocycles. The van der Waals surface area contributed by atoms with Crippen LogP contribution >= 0.6 is 0 Å². The summed E-state index contributed by atoms with van der Waals surface area (Å²) in [4.78, 5) is 24.6. The monoisotopic (exact) mass is 275 g/mol. The molecule has 1 fully saturated rings. The second-order valence-corrected chi connectivity index (χ2v) is 5.81. The van der Waals surface area contributed by atoms with Gasteiger partial charge >= 0.3 is 5.97 Å². The predicted molar refractivity (Wildman–Crippen MR) is 76.4 cm³/mol. The fraction of sp³-hybridized carbons (Fsp3) is 0.500. The van der Waals surface area contributed by atoms with Gasteiger partial charge in [-0.1, -0.05) is 37.3 Å². The third-order valence-electron chi connectivity index (χ3n) is 4.39.